The Bertz CT molecular complexity index is 3810. The van der Waals surface area contributed by atoms with Crippen LogP contribution in [0.3, 0.4) is 0 Å². The smallest absolute Gasteiger partial charge is 0.164 e. The first kappa shape index (κ1) is 19.6. The van der Waals surface area contributed by atoms with Crippen LogP contribution in [0.5, 0.6) is 0 Å². The summed E-state index contributed by atoms with van der Waals surface area (Å²) < 4.78 is 143. The molecule has 0 atom stereocenters. The molecule has 0 N–H and O–H groups in total. The number of hydrogen-bond donors (Lipinski definition) is 0. The van der Waals surface area contributed by atoms with Crippen LogP contribution >= 0.6 is 0 Å². The van der Waals surface area contributed by atoms with Gasteiger partial charge in [0.1, 0.15) is 0 Å². The largest absolute Gasteiger partial charge is 0.309 e. The molecule has 55 heavy (non-hydrogen) atoms. The molecule has 2 heterocycles. The summed E-state index contributed by atoms with van der Waals surface area (Å²) in [7, 11) is 0. The lowest BCUT2D eigenvalue weighted by Crippen LogP contribution is -2.00. The second-order valence-electron chi connectivity index (χ2n) is 12.4. The van der Waals surface area contributed by atoms with E-state index in [0.29, 0.717) is 23.0 Å². The van der Waals surface area contributed by atoms with Gasteiger partial charge in [0, 0.05) is 33.2 Å². The van der Waals surface area contributed by atoms with Crippen molar-refractivity contribution >= 4 is 21.8 Å². The maximum absolute atomic E-state index is 9.68. The summed E-state index contributed by atoms with van der Waals surface area (Å²) in [6.07, 6.45) is 0. The van der Waals surface area contributed by atoms with Gasteiger partial charge in [-0.1, -0.05) is 176 Å². The van der Waals surface area contributed by atoms with Crippen LogP contribution in [0.15, 0.2) is 206 Å². The number of para-hydroxylation sites is 1. The molecule has 0 saturated heterocycles. The van der Waals surface area contributed by atoms with Gasteiger partial charge in [-0.2, -0.15) is 0 Å². The molecule has 8 aromatic carbocycles. The first-order valence-corrected chi connectivity index (χ1v) is 17.2. The van der Waals surface area contributed by atoms with E-state index in [9.17, 15) is 6.85 Å². The Morgan fingerprint density at radius 3 is 1.38 bits per heavy atom. The highest BCUT2D eigenvalue weighted by Gasteiger charge is 2.15. The van der Waals surface area contributed by atoms with Gasteiger partial charge in [0.25, 0.3) is 0 Å². The minimum absolute atomic E-state index is 0.0867. The fourth-order valence-electron chi connectivity index (χ4n) is 6.38. The van der Waals surface area contributed by atoms with Crippen molar-refractivity contribution in [1.82, 2.24) is 19.5 Å². The fourth-order valence-corrected chi connectivity index (χ4v) is 6.38. The first-order chi connectivity index (χ1) is 33.9. The molecule has 0 bridgehead atoms. The number of fused-ring (bicyclic) bond motifs is 3. The van der Waals surface area contributed by atoms with Gasteiger partial charge in [0.05, 0.1) is 33.0 Å². The standard InChI is InChI=1S/C51H34N4/c1-4-12-35(13-5-1)37-20-24-41(25-21-37)50-52-49(40-16-8-3-9-17-40)53-51(54-50)42-26-22-39(23-27-42)43-30-33-48-46(34-43)45-18-10-11-19-47(45)55(48)44-31-28-38(29-32-44)36-14-6-2-7-15-36/h1-34H/i2D,6D,7D,10D,11D,14D,15D,18D,19D,28D,29D,30D,31D,32D,33D,34D. The minimum atomic E-state index is -0.850. The third kappa shape index (κ3) is 6.16. The van der Waals surface area contributed by atoms with Crippen molar-refractivity contribution < 1.29 is 21.9 Å². The first-order valence-electron chi connectivity index (χ1n) is 25.2. The van der Waals surface area contributed by atoms with Gasteiger partial charge in [-0.05, 0) is 63.6 Å². The van der Waals surface area contributed by atoms with Crippen molar-refractivity contribution in [3.8, 4) is 73.2 Å². The summed E-state index contributed by atoms with van der Waals surface area (Å²) in [4.78, 5) is 14.5. The second kappa shape index (κ2) is 13.8. The number of benzene rings is 8. The lowest BCUT2D eigenvalue weighted by Gasteiger charge is -2.10. The Morgan fingerprint density at radius 2 is 0.764 bits per heavy atom. The van der Waals surface area contributed by atoms with E-state index < -0.39 is 119 Å². The summed E-state index contributed by atoms with van der Waals surface area (Å²) in [5, 5.41) is -0.511. The average Bonchev–Trinajstić information content (AvgIpc) is 3.75. The highest BCUT2D eigenvalue weighted by Crippen LogP contribution is 2.36. The van der Waals surface area contributed by atoms with Gasteiger partial charge in [0.15, 0.2) is 17.5 Å². The molecule has 0 radical (unpaired) electrons. The second-order valence-corrected chi connectivity index (χ2v) is 12.4. The van der Waals surface area contributed by atoms with E-state index in [1.165, 1.54) is 0 Å². The predicted octanol–water partition coefficient (Wildman–Crippen LogP) is 13.0. The Morgan fingerprint density at radius 1 is 0.327 bits per heavy atom. The molecular weight excluding hydrogens is 669 g/mol. The predicted molar refractivity (Wildman–Crippen MR) is 227 cm³/mol. The summed E-state index contributed by atoms with van der Waals surface area (Å²) >= 11 is 0. The van der Waals surface area contributed by atoms with E-state index in [1.807, 2.05) is 84.9 Å². The van der Waals surface area contributed by atoms with Crippen LogP contribution in [0, 0.1) is 0 Å². The zero-order valence-corrected chi connectivity index (χ0v) is 28.7. The van der Waals surface area contributed by atoms with Crippen LogP contribution in [0.25, 0.3) is 95.0 Å². The van der Waals surface area contributed by atoms with Crippen molar-refractivity contribution in [1.29, 1.82) is 0 Å². The molecule has 0 unspecified atom stereocenters. The normalized spacial score (nSPS) is 15.3. The molecule has 4 nitrogen and oxygen atoms in total. The number of nitrogens with zero attached hydrogens (tertiary/aromatic N) is 4. The molecule has 2 aromatic heterocycles. The van der Waals surface area contributed by atoms with E-state index in [4.69, 9.17) is 30.0 Å². The van der Waals surface area contributed by atoms with Crippen LogP contribution in [0.4, 0.5) is 0 Å². The number of aromatic nitrogens is 4. The van der Waals surface area contributed by atoms with E-state index in [1.54, 1.807) is 24.3 Å². The summed E-state index contributed by atoms with van der Waals surface area (Å²) in [5.41, 5.74) is 1.69. The van der Waals surface area contributed by atoms with Gasteiger partial charge in [-0.25, -0.2) is 15.0 Å². The molecule has 10 rings (SSSR count). The van der Waals surface area contributed by atoms with Crippen LogP contribution in [0.2, 0.25) is 0 Å². The highest BCUT2D eigenvalue weighted by molar-refractivity contribution is 6.10. The minimum Gasteiger partial charge on any atom is -0.309 e. The monoisotopic (exact) mass is 718 g/mol. The molecule has 258 valence electrons. The van der Waals surface area contributed by atoms with Crippen LogP contribution in [-0.2, 0) is 0 Å². The molecule has 0 aliphatic carbocycles. The van der Waals surface area contributed by atoms with Crippen molar-refractivity contribution in [2.24, 2.45) is 0 Å². The van der Waals surface area contributed by atoms with Crippen LogP contribution in [-0.4, -0.2) is 19.5 Å². The van der Waals surface area contributed by atoms with Gasteiger partial charge < -0.3 is 4.57 Å². The maximum Gasteiger partial charge on any atom is 0.164 e. The van der Waals surface area contributed by atoms with Gasteiger partial charge in [0.2, 0.25) is 0 Å². The Labute approximate surface area is 342 Å². The zero-order chi connectivity index (χ0) is 50.5. The van der Waals surface area contributed by atoms with Crippen LogP contribution in [0.1, 0.15) is 21.9 Å². The Balaban J connectivity index is 1.16. The molecule has 10 aromatic rings. The quantitative estimate of drug-likeness (QED) is 0.165. The van der Waals surface area contributed by atoms with Crippen molar-refractivity contribution in [3.05, 3.63) is 206 Å². The number of hydrogen-bond acceptors (Lipinski definition) is 3. The van der Waals surface area contributed by atoms with Crippen molar-refractivity contribution in [2.45, 2.75) is 0 Å². The SMILES string of the molecule is [2H]c1c([2H])c([2H])c(-c2c([2H])c([2H])c(-n3c4c([2H])c([2H])c([2H])c([2H])c4c4c([2H])c(-c5ccc(-c6nc(-c7ccccc7)nc(-c7ccc(-c8ccccc8)cc7)n6)cc5)c([2H])c([2H])c43)c([2H])c2[2H])c([2H])c1[2H]. The third-order valence-electron chi connectivity index (χ3n) is 9.09. The molecule has 0 aliphatic rings. The molecule has 0 spiro atoms. The summed E-state index contributed by atoms with van der Waals surface area (Å²) in [6, 6.07) is 22.2. The molecular formula is C51H34N4. The zero-order valence-electron chi connectivity index (χ0n) is 44.7. The van der Waals surface area contributed by atoms with Crippen molar-refractivity contribution in [2.75, 3.05) is 0 Å². The molecule has 0 amide bonds. The average molecular weight is 719 g/mol. The van der Waals surface area contributed by atoms with Gasteiger partial charge >= 0.3 is 0 Å². The fraction of sp³-hybridized carbons (Fsp3) is 0. The molecule has 0 saturated carbocycles. The number of rotatable bonds is 7. The highest BCUT2D eigenvalue weighted by atomic mass is 15.0. The topological polar surface area (TPSA) is 43.6 Å². The van der Waals surface area contributed by atoms with E-state index >= 15 is 0 Å². The van der Waals surface area contributed by atoms with Gasteiger partial charge in [-0.3, -0.25) is 0 Å². The lowest BCUT2D eigenvalue weighted by atomic mass is 10.0. The third-order valence-corrected chi connectivity index (χ3v) is 9.09. The lowest BCUT2D eigenvalue weighted by molar-refractivity contribution is 1.07. The molecule has 4 heteroatoms. The summed E-state index contributed by atoms with van der Waals surface area (Å²) in [5.74, 6) is 1.15. The molecule has 0 fully saturated rings. The van der Waals surface area contributed by atoms with Crippen LogP contribution < -0.4 is 0 Å². The van der Waals surface area contributed by atoms with E-state index in [2.05, 4.69) is 0 Å². The Hall–Kier alpha value is -7.43. The van der Waals surface area contributed by atoms with Gasteiger partial charge in [-0.15, -0.1) is 0 Å². The Kier molecular flexibility index (Phi) is 4.93. The maximum atomic E-state index is 9.68. The van der Waals surface area contributed by atoms with E-state index in [0.717, 1.165) is 26.8 Å². The summed E-state index contributed by atoms with van der Waals surface area (Å²) in [6.45, 7) is 0. The van der Waals surface area contributed by atoms with E-state index in [-0.39, 0.29) is 27.4 Å². The molecule has 0 aliphatic heterocycles. The van der Waals surface area contributed by atoms with Crippen molar-refractivity contribution in [3.63, 3.8) is 0 Å².